The summed E-state index contributed by atoms with van der Waals surface area (Å²) >= 11 is 0. The van der Waals surface area contributed by atoms with Gasteiger partial charge in [0.25, 0.3) is 0 Å². The lowest BCUT2D eigenvalue weighted by Crippen LogP contribution is -2.55. The number of carbonyl (C=O) groups excluding carboxylic acids is 1. The van der Waals surface area contributed by atoms with E-state index in [0.717, 1.165) is 25.8 Å². The Morgan fingerprint density at radius 2 is 2.14 bits per heavy atom. The zero-order chi connectivity index (χ0) is 15.2. The number of ether oxygens (including phenoxy) is 1. The highest BCUT2D eigenvalue weighted by Crippen LogP contribution is 2.23. The lowest BCUT2D eigenvalue weighted by atomic mass is 9.93. The summed E-state index contributed by atoms with van der Waals surface area (Å²) in [5, 5.41) is 8.79. The molecular formula is C15H26N2O4. The number of hydrogen-bond donors (Lipinski definition) is 1. The van der Waals surface area contributed by atoms with Crippen LogP contribution in [0.3, 0.4) is 0 Å². The molecule has 2 aliphatic heterocycles. The van der Waals surface area contributed by atoms with Gasteiger partial charge < -0.3 is 19.6 Å². The van der Waals surface area contributed by atoms with Gasteiger partial charge in [-0.05, 0) is 31.6 Å². The van der Waals surface area contributed by atoms with E-state index in [2.05, 4.69) is 6.92 Å². The summed E-state index contributed by atoms with van der Waals surface area (Å²) in [6.07, 6.45) is 3.76. The van der Waals surface area contributed by atoms with E-state index in [4.69, 9.17) is 9.84 Å². The summed E-state index contributed by atoms with van der Waals surface area (Å²) in [5.74, 6) is -0.433. The van der Waals surface area contributed by atoms with Gasteiger partial charge in [0.1, 0.15) is 0 Å². The number of urea groups is 1. The van der Waals surface area contributed by atoms with Gasteiger partial charge in [-0.2, -0.15) is 0 Å². The minimum Gasteiger partial charge on any atom is -0.481 e. The summed E-state index contributed by atoms with van der Waals surface area (Å²) in [5.41, 5.74) is 0. The minimum atomic E-state index is -0.752. The summed E-state index contributed by atoms with van der Waals surface area (Å²) < 4.78 is 5.45. The van der Waals surface area contributed by atoms with Crippen LogP contribution in [0.1, 0.15) is 39.0 Å². The van der Waals surface area contributed by atoms with E-state index in [1.54, 1.807) is 0 Å². The topological polar surface area (TPSA) is 70.1 Å². The van der Waals surface area contributed by atoms with Crippen LogP contribution in [0.4, 0.5) is 4.79 Å². The van der Waals surface area contributed by atoms with Crippen LogP contribution in [0.5, 0.6) is 0 Å². The summed E-state index contributed by atoms with van der Waals surface area (Å²) in [4.78, 5) is 27.2. The molecule has 2 rings (SSSR count). The molecule has 0 spiro atoms. The standard InChI is InChI=1S/C15H26N2O4/c1-2-13-11-21-9-8-17(13)15(20)16-7-3-4-12(10-16)5-6-14(18)19/h12-13H,2-11H2,1H3,(H,18,19). The van der Waals surface area contributed by atoms with E-state index >= 15 is 0 Å². The van der Waals surface area contributed by atoms with Crippen molar-refractivity contribution >= 4 is 12.0 Å². The number of nitrogens with zero attached hydrogens (tertiary/aromatic N) is 2. The molecule has 1 N–H and O–H groups in total. The SMILES string of the molecule is CCC1COCCN1C(=O)N1CCCC(CCC(=O)O)C1. The molecule has 120 valence electrons. The maximum Gasteiger partial charge on any atom is 0.320 e. The van der Waals surface area contributed by atoms with E-state index in [9.17, 15) is 9.59 Å². The number of aliphatic carboxylic acids is 1. The molecule has 2 unspecified atom stereocenters. The van der Waals surface area contributed by atoms with Crippen LogP contribution in [-0.2, 0) is 9.53 Å². The van der Waals surface area contributed by atoms with Gasteiger partial charge in [-0.1, -0.05) is 6.92 Å². The molecule has 0 aromatic heterocycles. The second-order valence-corrected chi connectivity index (χ2v) is 6.00. The predicted octanol–water partition coefficient (Wildman–Crippen LogP) is 1.79. The Morgan fingerprint density at radius 3 is 2.86 bits per heavy atom. The van der Waals surface area contributed by atoms with Gasteiger partial charge in [0.15, 0.2) is 0 Å². The second kappa shape index (κ2) is 7.64. The fourth-order valence-corrected chi connectivity index (χ4v) is 3.23. The quantitative estimate of drug-likeness (QED) is 0.859. The van der Waals surface area contributed by atoms with Gasteiger partial charge in [-0.3, -0.25) is 4.79 Å². The number of carbonyl (C=O) groups is 2. The molecule has 21 heavy (non-hydrogen) atoms. The van der Waals surface area contributed by atoms with Crippen molar-refractivity contribution in [3.05, 3.63) is 0 Å². The molecule has 2 amide bonds. The lowest BCUT2D eigenvalue weighted by Gasteiger charge is -2.41. The number of hydrogen-bond acceptors (Lipinski definition) is 3. The largest absolute Gasteiger partial charge is 0.481 e. The number of carboxylic acid groups (broad SMARTS) is 1. The number of rotatable bonds is 4. The maximum absolute atomic E-state index is 12.7. The normalized spacial score (nSPS) is 26.7. The van der Waals surface area contributed by atoms with E-state index in [0.29, 0.717) is 38.6 Å². The van der Waals surface area contributed by atoms with Crippen molar-refractivity contribution in [3.63, 3.8) is 0 Å². The molecule has 2 fully saturated rings. The second-order valence-electron chi connectivity index (χ2n) is 6.00. The monoisotopic (exact) mass is 298 g/mol. The molecule has 2 atom stereocenters. The number of amides is 2. The molecule has 0 aliphatic carbocycles. The molecule has 2 aliphatic rings. The molecule has 0 aromatic rings. The average Bonchev–Trinajstić information content (AvgIpc) is 2.52. The van der Waals surface area contributed by atoms with E-state index in [1.807, 2.05) is 9.80 Å². The number of carboxylic acids is 1. The van der Waals surface area contributed by atoms with Crippen molar-refractivity contribution in [1.82, 2.24) is 9.80 Å². The Hall–Kier alpha value is -1.30. The first kappa shape index (κ1) is 16.1. The van der Waals surface area contributed by atoms with Gasteiger partial charge in [0, 0.05) is 26.1 Å². The predicted molar refractivity (Wildman–Crippen MR) is 78.2 cm³/mol. The molecule has 0 saturated carbocycles. The smallest absolute Gasteiger partial charge is 0.320 e. The van der Waals surface area contributed by atoms with Crippen molar-refractivity contribution in [2.45, 2.75) is 45.1 Å². The van der Waals surface area contributed by atoms with Crippen LogP contribution in [-0.4, -0.2) is 65.8 Å². The fraction of sp³-hybridized carbons (Fsp3) is 0.867. The number of morpholine rings is 1. The Balaban J connectivity index is 1.90. The fourth-order valence-electron chi connectivity index (χ4n) is 3.23. The van der Waals surface area contributed by atoms with Crippen molar-refractivity contribution in [1.29, 1.82) is 0 Å². The molecule has 6 nitrogen and oxygen atoms in total. The maximum atomic E-state index is 12.7. The number of piperidine rings is 1. The number of likely N-dealkylation sites (tertiary alicyclic amines) is 1. The van der Waals surface area contributed by atoms with Crippen LogP contribution in [0.25, 0.3) is 0 Å². The zero-order valence-corrected chi connectivity index (χ0v) is 12.8. The van der Waals surface area contributed by atoms with Crippen molar-refractivity contribution in [2.24, 2.45) is 5.92 Å². The summed E-state index contributed by atoms with van der Waals surface area (Å²) in [7, 11) is 0. The third-order valence-corrected chi connectivity index (χ3v) is 4.50. The Kier molecular flexibility index (Phi) is 5.85. The van der Waals surface area contributed by atoms with Crippen LogP contribution in [0.2, 0.25) is 0 Å². The highest BCUT2D eigenvalue weighted by atomic mass is 16.5. The third-order valence-electron chi connectivity index (χ3n) is 4.50. The van der Waals surface area contributed by atoms with Crippen LogP contribution < -0.4 is 0 Å². The lowest BCUT2D eigenvalue weighted by molar-refractivity contribution is -0.137. The molecule has 0 radical (unpaired) electrons. The Morgan fingerprint density at radius 1 is 1.33 bits per heavy atom. The van der Waals surface area contributed by atoms with Gasteiger partial charge >= 0.3 is 12.0 Å². The van der Waals surface area contributed by atoms with Crippen molar-refractivity contribution in [2.75, 3.05) is 32.8 Å². The highest BCUT2D eigenvalue weighted by Gasteiger charge is 2.32. The molecule has 2 saturated heterocycles. The van der Waals surface area contributed by atoms with Gasteiger partial charge in [-0.15, -0.1) is 0 Å². The van der Waals surface area contributed by atoms with Gasteiger partial charge in [0.2, 0.25) is 0 Å². The molecule has 0 bridgehead atoms. The Bertz CT molecular complexity index is 375. The van der Waals surface area contributed by atoms with Crippen LogP contribution >= 0.6 is 0 Å². The van der Waals surface area contributed by atoms with Crippen LogP contribution in [0, 0.1) is 5.92 Å². The summed E-state index contributed by atoms with van der Waals surface area (Å²) in [6, 6.07) is 0.274. The third kappa shape index (κ3) is 4.33. The van der Waals surface area contributed by atoms with Gasteiger partial charge in [-0.25, -0.2) is 4.79 Å². The van der Waals surface area contributed by atoms with E-state index in [1.165, 1.54) is 0 Å². The van der Waals surface area contributed by atoms with Gasteiger partial charge in [0.05, 0.1) is 19.3 Å². The summed E-state index contributed by atoms with van der Waals surface area (Å²) in [6.45, 7) is 5.45. The molecule has 0 aromatic carbocycles. The first-order chi connectivity index (χ1) is 10.1. The average molecular weight is 298 g/mol. The zero-order valence-electron chi connectivity index (χ0n) is 12.8. The Labute approximate surface area is 126 Å². The molecule has 6 heteroatoms. The van der Waals surface area contributed by atoms with E-state index in [-0.39, 0.29) is 18.5 Å². The minimum absolute atomic E-state index is 0.102. The highest BCUT2D eigenvalue weighted by molar-refractivity contribution is 5.75. The van der Waals surface area contributed by atoms with Crippen LogP contribution in [0.15, 0.2) is 0 Å². The molecular weight excluding hydrogens is 272 g/mol. The van der Waals surface area contributed by atoms with Crippen molar-refractivity contribution in [3.8, 4) is 0 Å². The van der Waals surface area contributed by atoms with Crippen molar-refractivity contribution < 1.29 is 19.4 Å². The molecule has 2 heterocycles. The first-order valence-corrected chi connectivity index (χ1v) is 7.97. The first-order valence-electron chi connectivity index (χ1n) is 7.97. The van der Waals surface area contributed by atoms with E-state index < -0.39 is 5.97 Å².